The Kier molecular flexibility index (Phi) is 8.01. The number of aliphatic carboxylic acids is 1. The van der Waals surface area contributed by atoms with Gasteiger partial charge < -0.3 is 9.84 Å². The number of rotatable bonds is 8. The molecule has 17 heavy (non-hydrogen) atoms. The van der Waals surface area contributed by atoms with Gasteiger partial charge in [0.25, 0.3) is 0 Å². The van der Waals surface area contributed by atoms with Crippen LogP contribution in [-0.2, 0) is 19.1 Å². The highest BCUT2D eigenvalue weighted by Crippen LogP contribution is 2.08. The minimum absolute atomic E-state index is 0.214. The minimum atomic E-state index is -1.08. The standard InChI is InChI=1S/C12H20O5/c1-9(2)5-3-4-6-11(15)17-12(16)8-7-10(13)14/h9H,3-8H2,1-2H3,(H,13,14). The highest BCUT2D eigenvalue weighted by Gasteiger charge is 2.11. The molecule has 0 rings (SSSR count). The highest BCUT2D eigenvalue weighted by atomic mass is 16.6. The van der Waals surface area contributed by atoms with Crippen molar-refractivity contribution in [3.8, 4) is 0 Å². The van der Waals surface area contributed by atoms with E-state index < -0.39 is 17.9 Å². The molecule has 0 aromatic heterocycles. The minimum Gasteiger partial charge on any atom is -0.481 e. The number of hydrogen-bond acceptors (Lipinski definition) is 4. The van der Waals surface area contributed by atoms with Crippen LogP contribution in [0, 0.1) is 5.92 Å². The fourth-order valence-corrected chi connectivity index (χ4v) is 1.26. The van der Waals surface area contributed by atoms with E-state index in [1.807, 2.05) is 0 Å². The molecule has 0 heterocycles. The van der Waals surface area contributed by atoms with Crippen LogP contribution in [0.2, 0.25) is 0 Å². The third-order valence-electron chi connectivity index (χ3n) is 2.18. The molecule has 5 heteroatoms. The maximum absolute atomic E-state index is 11.2. The molecule has 0 aromatic carbocycles. The second kappa shape index (κ2) is 8.73. The Bertz CT molecular complexity index is 270. The Morgan fingerprint density at radius 1 is 1.00 bits per heavy atom. The zero-order valence-corrected chi connectivity index (χ0v) is 10.4. The first-order chi connectivity index (χ1) is 7.91. The largest absolute Gasteiger partial charge is 0.481 e. The number of carbonyl (C=O) groups excluding carboxylic acids is 2. The van der Waals surface area contributed by atoms with Crippen LogP contribution in [0.1, 0.15) is 52.4 Å². The lowest BCUT2D eigenvalue weighted by molar-refractivity contribution is -0.161. The molecule has 5 nitrogen and oxygen atoms in total. The summed E-state index contributed by atoms with van der Waals surface area (Å²) in [7, 11) is 0. The van der Waals surface area contributed by atoms with E-state index in [9.17, 15) is 14.4 Å². The molecule has 1 N–H and O–H groups in total. The molecule has 0 aliphatic heterocycles. The van der Waals surface area contributed by atoms with Gasteiger partial charge in [0.05, 0.1) is 12.8 Å². The van der Waals surface area contributed by atoms with Crippen LogP contribution in [0.5, 0.6) is 0 Å². The van der Waals surface area contributed by atoms with E-state index in [-0.39, 0.29) is 19.3 Å². The fourth-order valence-electron chi connectivity index (χ4n) is 1.26. The predicted molar refractivity (Wildman–Crippen MR) is 61.3 cm³/mol. The summed E-state index contributed by atoms with van der Waals surface area (Å²) in [4.78, 5) is 32.3. The first kappa shape index (κ1) is 15.6. The summed E-state index contributed by atoms with van der Waals surface area (Å²) >= 11 is 0. The van der Waals surface area contributed by atoms with Crippen LogP contribution < -0.4 is 0 Å². The van der Waals surface area contributed by atoms with E-state index in [0.29, 0.717) is 12.3 Å². The summed E-state index contributed by atoms with van der Waals surface area (Å²) in [6.45, 7) is 4.21. The van der Waals surface area contributed by atoms with E-state index in [1.54, 1.807) is 0 Å². The van der Waals surface area contributed by atoms with Crippen molar-refractivity contribution in [1.29, 1.82) is 0 Å². The van der Waals surface area contributed by atoms with Crippen molar-refractivity contribution < 1.29 is 24.2 Å². The van der Waals surface area contributed by atoms with Crippen LogP contribution >= 0.6 is 0 Å². The molecule has 0 bridgehead atoms. The zero-order chi connectivity index (χ0) is 13.3. The van der Waals surface area contributed by atoms with Gasteiger partial charge in [0.15, 0.2) is 0 Å². The van der Waals surface area contributed by atoms with Gasteiger partial charge in [-0.2, -0.15) is 0 Å². The van der Waals surface area contributed by atoms with Crippen LogP contribution in [0.15, 0.2) is 0 Å². The number of carboxylic acids is 1. The number of carbonyl (C=O) groups is 3. The molecule has 0 saturated heterocycles. The summed E-state index contributed by atoms with van der Waals surface area (Å²) < 4.78 is 4.47. The number of ether oxygens (including phenoxy) is 1. The number of unbranched alkanes of at least 4 members (excludes halogenated alkanes) is 1. The normalized spacial score (nSPS) is 10.3. The van der Waals surface area contributed by atoms with Crippen LogP contribution in [-0.4, -0.2) is 23.0 Å². The maximum Gasteiger partial charge on any atom is 0.314 e. The average Bonchev–Trinajstić information content (AvgIpc) is 2.21. The molecule has 0 saturated carbocycles. The second-order valence-electron chi connectivity index (χ2n) is 4.38. The Morgan fingerprint density at radius 2 is 1.59 bits per heavy atom. The van der Waals surface area contributed by atoms with Gasteiger partial charge in [0.2, 0.25) is 0 Å². The quantitative estimate of drug-likeness (QED) is 0.402. The van der Waals surface area contributed by atoms with Crippen molar-refractivity contribution >= 4 is 17.9 Å². The highest BCUT2D eigenvalue weighted by molar-refractivity contribution is 5.86. The number of carboxylic acid groups (broad SMARTS) is 1. The van der Waals surface area contributed by atoms with Crippen molar-refractivity contribution in [2.24, 2.45) is 5.92 Å². The Labute approximate surface area is 101 Å². The topological polar surface area (TPSA) is 80.7 Å². The monoisotopic (exact) mass is 244 g/mol. The van der Waals surface area contributed by atoms with Gasteiger partial charge in [-0.15, -0.1) is 0 Å². The van der Waals surface area contributed by atoms with Crippen molar-refractivity contribution in [2.75, 3.05) is 0 Å². The first-order valence-corrected chi connectivity index (χ1v) is 5.87. The molecule has 0 unspecified atom stereocenters. The molecule has 0 aromatic rings. The van der Waals surface area contributed by atoms with E-state index in [2.05, 4.69) is 18.6 Å². The molecule has 0 radical (unpaired) electrons. The third kappa shape index (κ3) is 10.9. The summed E-state index contributed by atoms with van der Waals surface area (Å²) in [6, 6.07) is 0. The average molecular weight is 244 g/mol. The fraction of sp³-hybridized carbons (Fsp3) is 0.750. The first-order valence-electron chi connectivity index (χ1n) is 5.87. The lowest BCUT2D eigenvalue weighted by Gasteiger charge is -2.04. The van der Waals surface area contributed by atoms with Gasteiger partial charge in [-0.3, -0.25) is 14.4 Å². The molecule has 0 aliphatic carbocycles. The predicted octanol–water partition coefficient (Wildman–Crippen LogP) is 2.14. The van der Waals surface area contributed by atoms with Crippen molar-refractivity contribution in [1.82, 2.24) is 0 Å². The summed E-state index contributed by atoms with van der Waals surface area (Å²) in [6.07, 6.45) is 2.32. The van der Waals surface area contributed by atoms with Crippen LogP contribution in [0.4, 0.5) is 0 Å². The van der Waals surface area contributed by atoms with Gasteiger partial charge in [-0.1, -0.05) is 26.7 Å². The summed E-state index contributed by atoms with van der Waals surface area (Å²) in [5, 5.41) is 8.33. The van der Waals surface area contributed by atoms with Crippen molar-refractivity contribution in [3.05, 3.63) is 0 Å². The van der Waals surface area contributed by atoms with E-state index in [0.717, 1.165) is 12.8 Å². The maximum atomic E-state index is 11.2. The molecule has 0 atom stereocenters. The molecular formula is C12H20O5. The number of hydrogen-bond donors (Lipinski definition) is 1. The molecule has 0 amide bonds. The van der Waals surface area contributed by atoms with E-state index >= 15 is 0 Å². The van der Waals surface area contributed by atoms with Crippen LogP contribution in [0.3, 0.4) is 0 Å². The van der Waals surface area contributed by atoms with Gasteiger partial charge in [-0.05, 0) is 12.3 Å². The lowest BCUT2D eigenvalue weighted by Crippen LogP contribution is -2.13. The van der Waals surface area contributed by atoms with Crippen molar-refractivity contribution in [3.63, 3.8) is 0 Å². The van der Waals surface area contributed by atoms with Crippen LogP contribution in [0.25, 0.3) is 0 Å². The van der Waals surface area contributed by atoms with Gasteiger partial charge in [0.1, 0.15) is 0 Å². The molecule has 0 fully saturated rings. The van der Waals surface area contributed by atoms with Gasteiger partial charge in [0, 0.05) is 6.42 Å². The number of esters is 2. The Balaban J connectivity index is 3.57. The summed E-state index contributed by atoms with van der Waals surface area (Å²) in [5.74, 6) is -1.81. The molecule has 0 spiro atoms. The van der Waals surface area contributed by atoms with Crippen molar-refractivity contribution in [2.45, 2.75) is 52.4 Å². The summed E-state index contributed by atoms with van der Waals surface area (Å²) in [5.41, 5.74) is 0. The Morgan fingerprint density at radius 3 is 2.12 bits per heavy atom. The molecular weight excluding hydrogens is 224 g/mol. The SMILES string of the molecule is CC(C)CCCCC(=O)OC(=O)CCC(=O)O. The van der Waals surface area contributed by atoms with Gasteiger partial charge in [-0.25, -0.2) is 0 Å². The molecule has 98 valence electrons. The zero-order valence-electron chi connectivity index (χ0n) is 10.4. The van der Waals surface area contributed by atoms with E-state index in [1.165, 1.54) is 0 Å². The van der Waals surface area contributed by atoms with E-state index in [4.69, 9.17) is 5.11 Å². The second-order valence-corrected chi connectivity index (χ2v) is 4.38. The smallest absolute Gasteiger partial charge is 0.314 e. The third-order valence-corrected chi connectivity index (χ3v) is 2.18. The van der Waals surface area contributed by atoms with Gasteiger partial charge >= 0.3 is 17.9 Å². The Hall–Kier alpha value is -1.39. The lowest BCUT2D eigenvalue weighted by atomic mass is 10.1. The molecule has 0 aliphatic rings.